The van der Waals surface area contributed by atoms with Gasteiger partial charge in [-0.15, -0.1) is 0 Å². The molecule has 0 aliphatic rings. The number of nitriles is 1. The predicted octanol–water partition coefficient (Wildman–Crippen LogP) is 5.33. The second-order valence-corrected chi connectivity index (χ2v) is 5.98. The average molecular weight is 355 g/mol. The van der Waals surface area contributed by atoms with Crippen LogP contribution in [0.2, 0.25) is 0 Å². The van der Waals surface area contributed by atoms with Gasteiger partial charge in [-0.3, -0.25) is 0 Å². The highest BCUT2D eigenvalue weighted by Gasteiger charge is 2.20. The van der Waals surface area contributed by atoms with Gasteiger partial charge in [-0.1, -0.05) is 36.4 Å². The minimum absolute atomic E-state index is 0.346. The van der Waals surface area contributed by atoms with Crippen molar-refractivity contribution in [3.8, 4) is 28.7 Å². The lowest BCUT2D eigenvalue weighted by molar-refractivity contribution is 0.400. The topological polar surface area (TPSA) is 62.7 Å². The van der Waals surface area contributed by atoms with E-state index in [0.29, 0.717) is 33.8 Å². The summed E-state index contributed by atoms with van der Waals surface area (Å²) in [5.41, 5.74) is 2.64. The van der Waals surface area contributed by atoms with Gasteiger partial charge in [-0.05, 0) is 24.3 Å². The van der Waals surface area contributed by atoms with E-state index in [-0.39, 0.29) is 0 Å². The summed E-state index contributed by atoms with van der Waals surface area (Å²) in [6.45, 7) is 0. The normalized spacial score (nSPS) is 11.7. The molecule has 0 spiro atoms. The third-order valence-electron chi connectivity index (χ3n) is 4.26. The number of furan rings is 1. The van der Waals surface area contributed by atoms with Crippen LogP contribution in [0.15, 0.2) is 83.8 Å². The molecule has 2 aromatic heterocycles. The Kier molecular flexibility index (Phi) is 4.46. The molecule has 0 saturated carbocycles. The van der Waals surface area contributed by atoms with Crippen molar-refractivity contribution < 1.29 is 8.81 Å². The van der Waals surface area contributed by atoms with E-state index in [1.807, 2.05) is 36.4 Å². The summed E-state index contributed by atoms with van der Waals surface area (Å²) in [5, 5.41) is 9.24. The smallest absolute Gasteiger partial charge is 0.154 e. The molecule has 0 aliphatic heterocycles. The molecular formula is C22H14FN3O. The average Bonchev–Trinajstić information content (AvgIpc) is 3.24. The standard InChI is InChI=1S/C22H14FN3O/c23-22(17-12-25-14-26-13-17)18-7-6-15(11-24)10-19(18)21-9-8-20(27-21)16-4-2-1-3-5-16/h1-10,12-14,22H. The highest BCUT2D eigenvalue weighted by molar-refractivity contribution is 5.69. The predicted molar refractivity (Wildman–Crippen MR) is 99.3 cm³/mol. The highest BCUT2D eigenvalue weighted by Crippen LogP contribution is 2.37. The van der Waals surface area contributed by atoms with Crippen LogP contribution in [0.4, 0.5) is 4.39 Å². The Morgan fingerprint density at radius 1 is 0.926 bits per heavy atom. The number of halogens is 1. The number of hydrogen-bond donors (Lipinski definition) is 0. The van der Waals surface area contributed by atoms with Gasteiger partial charge in [0.25, 0.3) is 0 Å². The van der Waals surface area contributed by atoms with Crippen LogP contribution in [0.3, 0.4) is 0 Å². The number of rotatable bonds is 4. The Hall–Kier alpha value is -3.78. The molecule has 2 aromatic carbocycles. The minimum Gasteiger partial charge on any atom is -0.456 e. The van der Waals surface area contributed by atoms with E-state index in [1.54, 1.807) is 24.3 Å². The Labute approximate surface area is 155 Å². The van der Waals surface area contributed by atoms with E-state index in [2.05, 4.69) is 16.0 Å². The molecule has 4 rings (SSSR count). The fourth-order valence-corrected chi connectivity index (χ4v) is 2.92. The van der Waals surface area contributed by atoms with Crippen LogP contribution in [0.5, 0.6) is 0 Å². The molecule has 2 heterocycles. The lowest BCUT2D eigenvalue weighted by Gasteiger charge is -2.13. The van der Waals surface area contributed by atoms with Crippen molar-refractivity contribution in [1.82, 2.24) is 9.97 Å². The van der Waals surface area contributed by atoms with Crippen LogP contribution >= 0.6 is 0 Å². The number of hydrogen-bond acceptors (Lipinski definition) is 4. The van der Waals surface area contributed by atoms with E-state index >= 15 is 4.39 Å². The van der Waals surface area contributed by atoms with Gasteiger partial charge in [0, 0.05) is 34.6 Å². The molecule has 0 bridgehead atoms. The maximum absolute atomic E-state index is 15.2. The summed E-state index contributed by atoms with van der Waals surface area (Å²) < 4.78 is 21.1. The third-order valence-corrected chi connectivity index (χ3v) is 4.26. The quantitative estimate of drug-likeness (QED) is 0.496. The second-order valence-electron chi connectivity index (χ2n) is 5.98. The molecule has 4 nitrogen and oxygen atoms in total. The van der Waals surface area contributed by atoms with Gasteiger partial charge < -0.3 is 4.42 Å². The maximum Gasteiger partial charge on any atom is 0.154 e. The second kappa shape index (κ2) is 7.22. The van der Waals surface area contributed by atoms with Crippen molar-refractivity contribution in [2.75, 3.05) is 0 Å². The van der Waals surface area contributed by atoms with Crippen molar-refractivity contribution in [2.45, 2.75) is 6.17 Å². The Morgan fingerprint density at radius 3 is 2.41 bits per heavy atom. The summed E-state index contributed by atoms with van der Waals surface area (Å²) in [5.74, 6) is 1.18. The maximum atomic E-state index is 15.2. The first-order chi connectivity index (χ1) is 13.3. The Morgan fingerprint density at radius 2 is 1.67 bits per heavy atom. The molecule has 0 fully saturated rings. The monoisotopic (exact) mass is 355 g/mol. The van der Waals surface area contributed by atoms with Crippen molar-refractivity contribution in [1.29, 1.82) is 5.26 Å². The summed E-state index contributed by atoms with van der Waals surface area (Å²) in [4.78, 5) is 7.77. The first-order valence-corrected chi connectivity index (χ1v) is 8.35. The number of nitrogens with zero attached hydrogens (tertiary/aromatic N) is 3. The molecule has 27 heavy (non-hydrogen) atoms. The van der Waals surface area contributed by atoms with Crippen LogP contribution < -0.4 is 0 Å². The molecule has 0 N–H and O–H groups in total. The molecule has 0 amide bonds. The summed E-state index contributed by atoms with van der Waals surface area (Å²) in [6, 6.07) is 20.2. The fourth-order valence-electron chi connectivity index (χ4n) is 2.92. The molecule has 130 valence electrons. The van der Waals surface area contributed by atoms with E-state index in [1.165, 1.54) is 18.7 Å². The third kappa shape index (κ3) is 3.33. The summed E-state index contributed by atoms with van der Waals surface area (Å²) in [7, 11) is 0. The van der Waals surface area contributed by atoms with Crippen molar-refractivity contribution in [2.24, 2.45) is 0 Å². The zero-order valence-corrected chi connectivity index (χ0v) is 14.2. The molecule has 5 heteroatoms. The fraction of sp³-hybridized carbons (Fsp3) is 0.0455. The molecular weight excluding hydrogens is 341 g/mol. The van der Waals surface area contributed by atoms with E-state index in [0.717, 1.165) is 5.56 Å². The molecule has 0 saturated heterocycles. The SMILES string of the molecule is N#Cc1ccc(C(F)c2cncnc2)c(-c2ccc(-c3ccccc3)o2)c1. The van der Waals surface area contributed by atoms with Gasteiger partial charge in [0.15, 0.2) is 6.17 Å². The Bertz CT molecular complexity index is 1100. The van der Waals surface area contributed by atoms with Crippen LogP contribution in [0.25, 0.3) is 22.6 Å². The summed E-state index contributed by atoms with van der Waals surface area (Å²) in [6.07, 6.45) is 2.81. The summed E-state index contributed by atoms with van der Waals surface area (Å²) >= 11 is 0. The molecule has 1 unspecified atom stereocenters. The molecule has 4 aromatic rings. The highest BCUT2D eigenvalue weighted by atomic mass is 19.1. The first-order valence-electron chi connectivity index (χ1n) is 8.35. The van der Waals surface area contributed by atoms with Gasteiger partial charge in [-0.2, -0.15) is 5.26 Å². The van der Waals surface area contributed by atoms with Crippen LogP contribution in [-0.4, -0.2) is 9.97 Å². The lowest BCUT2D eigenvalue weighted by Crippen LogP contribution is -1.99. The van der Waals surface area contributed by atoms with Crippen LogP contribution in [0, 0.1) is 11.3 Å². The largest absolute Gasteiger partial charge is 0.456 e. The molecule has 1 atom stereocenters. The van der Waals surface area contributed by atoms with Gasteiger partial charge in [0.1, 0.15) is 17.8 Å². The molecule has 0 aliphatic carbocycles. The van der Waals surface area contributed by atoms with Crippen molar-refractivity contribution in [3.05, 3.63) is 96.1 Å². The van der Waals surface area contributed by atoms with Gasteiger partial charge in [-0.25, -0.2) is 14.4 Å². The lowest BCUT2D eigenvalue weighted by atomic mass is 9.96. The van der Waals surface area contributed by atoms with E-state index in [9.17, 15) is 5.26 Å². The van der Waals surface area contributed by atoms with Crippen LogP contribution in [-0.2, 0) is 0 Å². The molecule has 0 radical (unpaired) electrons. The van der Waals surface area contributed by atoms with Gasteiger partial charge in [0.2, 0.25) is 0 Å². The zero-order valence-electron chi connectivity index (χ0n) is 14.2. The van der Waals surface area contributed by atoms with Crippen molar-refractivity contribution in [3.63, 3.8) is 0 Å². The van der Waals surface area contributed by atoms with E-state index in [4.69, 9.17) is 4.42 Å². The van der Waals surface area contributed by atoms with Crippen molar-refractivity contribution >= 4 is 0 Å². The minimum atomic E-state index is -1.43. The number of alkyl halides is 1. The number of aromatic nitrogens is 2. The Balaban J connectivity index is 1.80. The first kappa shape index (κ1) is 16.7. The zero-order chi connectivity index (χ0) is 18.6. The van der Waals surface area contributed by atoms with Crippen LogP contribution in [0.1, 0.15) is 22.9 Å². The van der Waals surface area contributed by atoms with Gasteiger partial charge in [0.05, 0.1) is 11.6 Å². The van der Waals surface area contributed by atoms with Gasteiger partial charge >= 0.3 is 0 Å². The van der Waals surface area contributed by atoms with E-state index < -0.39 is 6.17 Å². The number of benzene rings is 2.